The van der Waals surface area contributed by atoms with Gasteiger partial charge in [0.2, 0.25) is 0 Å². The van der Waals surface area contributed by atoms with Crippen LogP contribution in [0.2, 0.25) is 5.15 Å². The molecular weight excluding hydrogens is 456 g/mol. The van der Waals surface area contributed by atoms with Crippen molar-refractivity contribution in [1.82, 2.24) is 14.4 Å². The number of pyridine rings is 2. The second kappa shape index (κ2) is 8.29. The molecule has 2 fully saturated rings. The fourth-order valence-electron chi connectivity index (χ4n) is 4.67. The first kappa shape index (κ1) is 22.2. The molecule has 1 atom stereocenters. The molecule has 4 heterocycles. The molecule has 34 heavy (non-hydrogen) atoms. The average molecular weight is 479 g/mol. The monoisotopic (exact) mass is 478 g/mol. The zero-order chi connectivity index (χ0) is 24.0. The zero-order valence-electron chi connectivity index (χ0n) is 18.6. The normalized spacial score (nSPS) is 17.4. The number of halogens is 1. The van der Waals surface area contributed by atoms with Crippen LogP contribution >= 0.6 is 11.6 Å². The van der Waals surface area contributed by atoms with Gasteiger partial charge in [0.05, 0.1) is 17.3 Å². The Morgan fingerprint density at radius 2 is 1.97 bits per heavy atom. The minimum atomic E-state index is -1.22. The van der Waals surface area contributed by atoms with Gasteiger partial charge in [0.25, 0.3) is 5.56 Å². The van der Waals surface area contributed by atoms with Crippen molar-refractivity contribution in [3.8, 4) is 6.07 Å². The van der Waals surface area contributed by atoms with E-state index in [1.54, 1.807) is 6.07 Å². The molecule has 5 rings (SSSR count). The van der Waals surface area contributed by atoms with Gasteiger partial charge in [-0.1, -0.05) is 11.6 Å². The van der Waals surface area contributed by atoms with Crippen LogP contribution in [-0.4, -0.2) is 38.5 Å². The minimum Gasteiger partial charge on any atom is -0.476 e. The molecule has 10 heteroatoms. The molecule has 3 aromatic rings. The van der Waals surface area contributed by atoms with Crippen LogP contribution in [-0.2, 0) is 0 Å². The van der Waals surface area contributed by atoms with Crippen LogP contribution in [0.1, 0.15) is 60.3 Å². The van der Waals surface area contributed by atoms with E-state index < -0.39 is 12.0 Å². The van der Waals surface area contributed by atoms with Crippen molar-refractivity contribution < 1.29 is 9.90 Å². The van der Waals surface area contributed by atoms with Crippen LogP contribution in [0.4, 0.5) is 11.5 Å². The maximum Gasteiger partial charge on any atom is 0.356 e. The van der Waals surface area contributed by atoms with Crippen LogP contribution in [0.25, 0.3) is 5.65 Å². The van der Waals surface area contributed by atoms with Crippen molar-refractivity contribution in [2.24, 2.45) is 5.41 Å². The molecule has 1 aliphatic heterocycles. The first-order chi connectivity index (χ1) is 16.3. The molecule has 2 aliphatic rings. The lowest BCUT2D eigenvalue weighted by atomic mass is 9.94. The molecule has 0 bridgehead atoms. The van der Waals surface area contributed by atoms with Crippen molar-refractivity contribution in [1.29, 1.82) is 5.26 Å². The lowest BCUT2D eigenvalue weighted by Crippen LogP contribution is -2.36. The Balaban J connectivity index is 1.55. The average Bonchev–Trinajstić information content (AvgIpc) is 3.58. The third-order valence-electron chi connectivity index (χ3n) is 6.91. The van der Waals surface area contributed by atoms with Gasteiger partial charge in [-0.3, -0.25) is 9.20 Å². The van der Waals surface area contributed by atoms with Crippen molar-refractivity contribution in [3.05, 3.63) is 62.8 Å². The number of anilines is 2. The van der Waals surface area contributed by atoms with Crippen LogP contribution < -0.4 is 15.8 Å². The van der Waals surface area contributed by atoms with Gasteiger partial charge in [-0.15, -0.1) is 0 Å². The predicted octanol–water partition coefficient (Wildman–Crippen LogP) is 3.87. The summed E-state index contributed by atoms with van der Waals surface area (Å²) in [6.07, 6.45) is 6.27. The first-order valence-electron chi connectivity index (χ1n) is 11.2. The second-order valence-corrected chi connectivity index (χ2v) is 9.52. The van der Waals surface area contributed by atoms with Crippen LogP contribution in [0.3, 0.4) is 0 Å². The zero-order valence-corrected chi connectivity index (χ0v) is 19.3. The van der Waals surface area contributed by atoms with Crippen molar-refractivity contribution in [2.45, 2.75) is 38.6 Å². The minimum absolute atomic E-state index is 0.0694. The van der Waals surface area contributed by atoms with E-state index >= 15 is 0 Å². The quantitative estimate of drug-likeness (QED) is 0.529. The Morgan fingerprint density at radius 3 is 2.62 bits per heavy atom. The molecular formula is C24H23ClN6O3. The topological polar surface area (TPSA) is 124 Å². The summed E-state index contributed by atoms with van der Waals surface area (Å²) in [4.78, 5) is 35.5. The largest absolute Gasteiger partial charge is 0.476 e. The van der Waals surface area contributed by atoms with E-state index in [9.17, 15) is 20.0 Å². The highest BCUT2D eigenvalue weighted by molar-refractivity contribution is 6.29. The van der Waals surface area contributed by atoms with E-state index in [4.69, 9.17) is 16.6 Å². The van der Waals surface area contributed by atoms with Gasteiger partial charge in [0.15, 0.2) is 5.69 Å². The molecule has 0 unspecified atom stereocenters. The number of nitrogens with one attached hydrogen (secondary N) is 1. The number of carbonyl (C=O) groups is 1. The smallest absolute Gasteiger partial charge is 0.356 e. The van der Waals surface area contributed by atoms with Crippen LogP contribution in [0.15, 0.2) is 35.3 Å². The van der Waals surface area contributed by atoms with E-state index in [2.05, 4.69) is 21.3 Å². The van der Waals surface area contributed by atoms with Crippen LogP contribution in [0, 0.1) is 16.7 Å². The summed E-state index contributed by atoms with van der Waals surface area (Å²) in [7, 11) is 0. The number of rotatable bonds is 5. The van der Waals surface area contributed by atoms with E-state index in [1.807, 2.05) is 6.92 Å². The van der Waals surface area contributed by atoms with Crippen LogP contribution in [0.5, 0.6) is 0 Å². The van der Waals surface area contributed by atoms with Gasteiger partial charge in [0, 0.05) is 30.9 Å². The molecule has 1 saturated heterocycles. The molecule has 1 saturated carbocycles. The number of aromatic carboxylic acids is 1. The summed E-state index contributed by atoms with van der Waals surface area (Å²) < 4.78 is 1.38. The summed E-state index contributed by atoms with van der Waals surface area (Å²) >= 11 is 5.87. The number of carboxylic acids is 1. The summed E-state index contributed by atoms with van der Waals surface area (Å²) in [6, 6.07) is 7.83. The number of nitriles is 1. The Morgan fingerprint density at radius 1 is 1.24 bits per heavy atom. The highest BCUT2D eigenvalue weighted by Crippen LogP contribution is 2.53. The Bertz CT molecular complexity index is 1400. The summed E-state index contributed by atoms with van der Waals surface area (Å²) in [5.41, 5.74) is 1.61. The predicted molar refractivity (Wildman–Crippen MR) is 128 cm³/mol. The van der Waals surface area contributed by atoms with Gasteiger partial charge in [-0.2, -0.15) is 5.26 Å². The van der Waals surface area contributed by atoms with Gasteiger partial charge in [-0.25, -0.2) is 14.8 Å². The number of hydrogen-bond donors (Lipinski definition) is 2. The van der Waals surface area contributed by atoms with Gasteiger partial charge >= 0.3 is 5.97 Å². The maximum absolute atomic E-state index is 13.0. The first-order valence-corrected chi connectivity index (χ1v) is 11.6. The SMILES string of the molecule is C[C@@H](Nc1ccc(Cl)nc1C(=O)O)c1cc(C#N)cn2c(=O)cc(N3CCC4(CC3)CC4)nc12. The molecule has 1 aliphatic carbocycles. The number of piperidine rings is 1. The van der Waals surface area contributed by atoms with E-state index in [-0.39, 0.29) is 22.1 Å². The number of carboxylic acid groups (broad SMARTS) is 1. The Kier molecular flexibility index (Phi) is 5.41. The lowest BCUT2D eigenvalue weighted by Gasteiger charge is -2.33. The molecule has 9 nitrogen and oxygen atoms in total. The molecule has 0 aromatic carbocycles. The highest BCUT2D eigenvalue weighted by atomic mass is 35.5. The second-order valence-electron chi connectivity index (χ2n) is 9.13. The molecule has 2 N–H and O–H groups in total. The molecule has 0 amide bonds. The molecule has 3 aromatic heterocycles. The van der Waals surface area contributed by atoms with Gasteiger partial charge < -0.3 is 15.3 Å². The van der Waals surface area contributed by atoms with Gasteiger partial charge in [-0.05, 0) is 56.2 Å². The Hall–Kier alpha value is -3.64. The summed E-state index contributed by atoms with van der Waals surface area (Å²) in [5.74, 6) is -0.596. The standard InChI is InChI=1S/C24H23ClN6O3/c1-14(27-17-2-3-18(25)28-21(17)23(33)34)16-10-15(12-26)13-31-20(32)11-19(29-22(16)31)30-8-6-24(4-5-24)7-9-30/h2-3,10-11,13-14,27H,4-9H2,1H3,(H,33,34)/t14-/m1/s1. The summed E-state index contributed by atoms with van der Waals surface area (Å²) in [5, 5.41) is 22.3. The highest BCUT2D eigenvalue weighted by Gasteiger charge is 2.44. The van der Waals surface area contributed by atoms with E-state index in [0.29, 0.717) is 28.0 Å². The fraction of sp³-hybridized carbons (Fsp3) is 0.375. The number of aromatic nitrogens is 3. The Labute approximate surface area is 200 Å². The van der Waals surface area contributed by atoms with Crippen molar-refractivity contribution >= 4 is 34.7 Å². The molecule has 174 valence electrons. The van der Waals surface area contributed by atoms with Gasteiger partial charge in [0.1, 0.15) is 22.7 Å². The maximum atomic E-state index is 13.0. The molecule has 1 spiro atoms. The van der Waals surface area contributed by atoms with Crippen molar-refractivity contribution in [3.63, 3.8) is 0 Å². The lowest BCUT2D eigenvalue weighted by molar-refractivity contribution is 0.0691. The number of hydrogen-bond acceptors (Lipinski definition) is 7. The molecule has 0 radical (unpaired) electrons. The van der Waals surface area contributed by atoms with E-state index in [0.717, 1.165) is 25.9 Å². The number of fused-ring (bicyclic) bond motifs is 1. The third-order valence-corrected chi connectivity index (χ3v) is 7.12. The van der Waals surface area contributed by atoms with Crippen molar-refractivity contribution in [2.75, 3.05) is 23.3 Å². The van der Waals surface area contributed by atoms with E-state index in [1.165, 1.54) is 41.6 Å². The summed E-state index contributed by atoms with van der Waals surface area (Å²) in [6.45, 7) is 3.54. The fourth-order valence-corrected chi connectivity index (χ4v) is 4.82. The third kappa shape index (κ3) is 4.05. The number of nitrogens with zero attached hydrogens (tertiary/aromatic N) is 5.